The number of piperazine rings is 1. The molecule has 0 aliphatic carbocycles. The Morgan fingerprint density at radius 2 is 1.89 bits per heavy atom. The van der Waals surface area contributed by atoms with Crippen molar-refractivity contribution in [2.24, 2.45) is 0 Å². The number of halogens is 4. The van der Waals surface area contributed by atoms with Crippen molar-refractivity contribution in [1.82, 2.24) is 19.3 Å². The molecule has 1 saturated heterocycles. The van der Waals surface area contributed by atoms with Crippen LogP contribution in [0.3, 0.4) is 0 Å². The van der Waals surface area contributed by atoms with Gasteiger partial charge < -0.3 is 4.52 Å². The average Bonchev–Trinajstić information content (AvgIpc) is 2.99. The van der Waals surface area contributed by atoms with Crippen molar-refractivity contribution < 1.29 is 26.1 Å². The molecule has 0 spiro atoms. The molecular formula is C15H16ClF3N4O3S. The fourth-order valence-electron chi connectivity index (χ4n) is 2.75. The Kier molecular flexibility index (Phi) is 5.48. The molecule has 0 radical (unpaired) electrons. The normalized spacial score (nSPS) is 17.4. The van der Waals surface area contributed by atoms with E-state index < -0.39 is 26.7 Å². The summed E-state index contributed by atoms with van der Waals surface area (Å²) in [5.74, 6) is 0.926. The SMILES string of the molecule is Cc1nc(CN2CCN(S(=O)(=O)c3cc(C(F)(F)F)ccc3Cl)CC2)no1. The molecule has 1 aliphatic heterocycles. The largest absolute Gasteiger partial charge is 0.416 e. The summed E-state index contributed by atoms with van der Waals surface area (Å²) in [6.07, 6.45) is -4.66. The van der Waals surface area contributed by atoms with E-state index in [9.17, 15) is 21.6 Å². The van der Waals surface area contributed by atoms with Crippen LogP contribution in [-0.2, 0) is 22.7 Å². The summed E-state index contributed by atoms with van der Waals surface area (Å²) >= 11 is 5.88. The molecule has 1 fully saturated rings. The minimum atomic E-state index is -4.66. The molecule has 2 heterocycles. The van der Waals surface area contributed by atoms with E-state index in [4.69, 9.17) is 16.1 Å². The number of rotatable bonds is 4. The summed E-state index contributed by atoms with van der Waals surface area (Å²) < 4.78 is 70.3. The number of hydrogen-bond donors (Lipinski definition) is 0. The van der Waals surface area contributed by atoms with Gasteiger partial charge in [0.1, 0.15) is 4.90 Å². The van der Waals surface area contributed by atoms with Crippen LogP contribution < -0.4 is 0 Å². The van der Waals surface area contributed by atoms with E-state index in [0.717, 1.165) is 16.4 Å². The average molecular weight is 425 g/mol. The van der Waals surface area contributed by atoms with Gasteiger partial charge in [-0.15, -0.1) is 0 Å². The third kappa shape index (κ3) is 4.42. The van der Waals surface area contributed by atoms with E-state index in [2.05, 4.69) is 10.1 Å². The third-order valence-corrected chi connectivity index (χ3v) is 6.52. The van der Waals surface area contributed by atoms with Gasteiger partial charge >= 0.3 is 6.18 Å². The lowest BCUT2D eigenvalue weighted by molar-refractivity contribution is -0.137. The lowest BCUT2D eigenvalue weighted by Gasteiger charge is -2.33. The molecule has 12 heteroatoms. The molecule has 0 amide bonds. The molecular weight excluding hydrogens is 409 g/mol. The van der Waals surface area contributed by atoms with Gasteiger partial charge in [-0.1, -0.05) is 16.8 Å². The molecule has 0 atom stereocenters. The maximum absolute atomic E-state index is 12.9. The highest BCUT2D eigenvalue weighted by Crippen LogP contribution is 2.34. The molecule has 7 nitrogen and oxygen atoms in total. The van der Waals surface area contributed by atoms with Crippen molar-refractivity contribution in [2.45, 2.75) is 24.5 Å². The molecule has 27 heavy (non-hydrogen) atoms. The van der Waals surface area contributed by atoms with Gasteiger partial charge in [0, 0.05) is 33.1 Å². The first kappa shape index (κ1) is 20.1. The van der Waals surface area contributed by atoms with Gasteiger partial charge in [0.05, 0.1) is 17.1 Å². The second-order valence-electron chi connectivity index (χ2n) is 6.05. The maximum Gasteiger partial charge on any atom is 0.416 e. The van der Waals surface area contributed by atoms with Crippen molar-refractivity contribution in [2.75, 3.05) is 26.2 Å². The number of aryl methyl sites for hydroxylation is 1. The molecule has 2 aromatic rings. The zero-order chi connectivity index (χ0) is 19.8. The van der Waals surface area contributed by atoms with Crippen molar-refractivity contribution >= 4 is 21.6 Å². The standard InChI is InChI=1S/C15H16ClF3N4O3S/c1-10-20-14(21-26-10)9-22-4-6-23(7-5-22)27(24,25)13-8-11(15(17,18)19)2-3-12(13)16/h2-3,8H,4-7,9H2,1H3. The highest BCUT2D eigenvalue weighted by atomic mass is 35.5. The lowest BCUT2D eigenvalue weighted by atomic mass is 10.2. The van der Waals surface area contributed by atoms with Gasteiger partial charge in [-0.2, -0.15) is 22.5 Å². The molecule has 148 valence electrons. The Morgan fingerprint density at radius 3 is 2.44 bits per heavy atom. The second-order valence-corrected chi connectivity index (χ2v) is 8.37. The van der Waals surface area contributed by atoms with Crippen molar-refractivity contribution in [1.29, 1.82) is 0 Å². The number of benzene rings is 1. The van der Waals surface area contributed by atoms with Gasteiger partial charge in [0.2, 0.25) is 15.9 Å². The fraction of sp³-hybridized carbons (Fsp3) is 0.467. The molecule has 0 saturated carbocycles. The van der Waals surface area contributed by atoms with Crippen LogP contribution in [0, 0.1) is 6.92 Å². The van der Waals surface area contributed by atoms with Crippen LogP contribution in [0.2, 0.25) is 5.02 Å². The van der Waals surface area contributed by atoms with E-state index in [1.807, 2.05) is 4.90 Å². The first-order valence-electron chi connectivity index (χ1n) is 7.96. The van der Waals surface area contributed by atoms with Gasteiger partial charge in [-0.05, 0) is 18.2 Å². The van der Waals surface area contributed by atoms with Gasteiger partial charge in [-0.3, -0.25) is 4.90 Å². The molecule has 0 bridgehead atoms. The first-order chi connectivity index (χ1) is 12.6. The highest BCUT2D eigenvalue weighted by Gasteiger charge is 2.35. The monoisotopic (exact) mass is 424 g/mol. The number of aromatic nitrogens is 2. The Balaban J connectivity index is 1.73. The third-order valence-electron chi connectivity index (χ3n) is 4.14. The predicted octanol–water partition coefficient (Wildman–Crippen LogP) is 2.56. The minimum Gasteiger partial charge on any atom is -0.340 e. The zero-order valence-corrected chi connectivity index (χ0v) is 15.8. The van der Waals surface area contributed by atoms with Crippen LogP contribution >= 0.6 is 11.6 Å². The maximum atomic E-state index is 12.9. The number of hydrogen-bond acceptors (Lipinski definition) is 6. The van der Waals surface area contributed by atoms with Gasteiger partial charge in [0.25, 0.3) is 0 Å². The molecule has 1 aromatic carbocycles. The van der Waals surface area contributed by atoms with Crippen LogP contribution in [0.4, 0.5) is 13.2 Å². The Hall–Kier alpha value is -1.69. The Labute approximate surface area is 158 Å². The van der Waals surface area contributed by atoms with Crippen LogP contribution in [0.25, 0.3) is 0 Å². The fourth-order valence-corrected chi connectivity index (χ4v) is 4.67. The van der Waals surface area contributed by atoms with Crippen molar-refractivity contribution in [3.63, 3.8) is 0 Å². The molecule has 3 rings (SSSR count). The number of nitrogens with zero attached hydrogens (tertiary/aromatic N) is 4. The summed E-state index contributed by atoms with van der Waals surface area (Å²) in [5, 5.41) is 3.54. The summed E-state index contributed by atoms with van der Waals surface area (Å²) in [6.45, 7) is 3.06. The predicted molar refractivity (Wildman–Crippen MR) is 89.5 cm³/mol. The van der Waals surface area contributed by atoms with Crippen LogP contribution in [0.5, 0.6) is 0 Å². The van der Waals surface area contributed by atoms with Crippen LogP contribution in [0.1, 0.15) is 17.3 Å². The first-order valence-corrected chi connectivity index (χ1v) is 9.77. The lowest BCUT2D eigenvalue weighted by Crippen LogP contribution is -2.48. The minimum absolute atomic E-state index is 0.117. The van der Waals surface area contributed by atoms with Gasteiger partial charge in [-0.25, -0.2) is 8.42 Å². The quantitative estimate of drug-likeness (QED) is 0.750. The zero-order valence-electron chi connectivity index (χ0n) is 14.2. The smallest absolute Gasteiger partial charge is 0.340 e. The molecule has 1 aromatic heterocycles. The van der Waals surface area contributed by atoms with Crippen LogP contribution in [-0.4, -0.2) is 53.9 Å². The van der Waals surface area contributed by atoms with Crippen LogP contribution in [0.15, 0.2) is 27.6 Å². The molecule has 1 aliphatic rings. The second kappa shape index (κ2) is 7.38. The Bertz CT molecular complexity index is 925. The van der Waals surface area contributed by atoms with Crippen molar-refractivity contribution in [3.8, 4) is 0 Å². The number of alkyl halides is 3. The Morgan fingerprint density at radius 1 is 1.22 bits per heavy atom. The summed E-state index contributed by atoms with van der Waals surface area (Å²) in [6, 6.07) is 2.28. The van der Waals surface area contributed by atoms with E-state index >= 15 is 0 Å². The summed E-state index contributed by atoms with van der Waals surface area (Å²) in [4.78, 5) is 5.48. The summed E-state index contributed by atoms with van der Waals surface area (Å²) in [7, 11) is -4.14. The number of sulfonamides is 1. The van der Waals surface area contributed by atoms with E-state index in [1.165, 1.54) is 0 Å². The van der Waals surface area contributed by atoms with E-state index in [1.54, 1.807) is 6.92 Å². The molecule has 0 N–H and O–H groups in total. The van der Waals surface area contributed by atoms with Gasteiger partial charge in [0.15, 0.2) is 5.82 Å². The summed E-state index contributed by atoms with van der Waals surface area (Å²) in [5.41, 5.74) is -1.06. The topological polar surface area (TPSA) is 79.5 Å². The molecule has 0 unspecified atom stereocenters. The van der Waals surface area contributed by atoms with E-state index in [-0.39, 0.29) is 18.1 Å². The highest BCUT2D eigenvalue weighted by molar-refractivity contribution is 7.89. The van der Waals surface area contributed by atoms with E-state index in [0.29, 0.717) is 37.4 Å². The van der Waals surface area contributed by atoms with Crippen molar-refractivity contribution in [3.05, 3.63) is 40.5 Å².